The summed E-state index contributed by atoms with van der Waals surface area (Å²) in [6, 6.07) is 11.6. The van der Waals surface area contributed by atoms with Crippen LogP contribution >= 0.6 is 0 Å². The monoisotopic (exact) mass is 308 g/mol. The van der Waals surface area contributed by atoms with Crippen LogP contribution in [0.5, 0.6) is 5.88 Å². The molecule has 5 nitrogen and oxygen atoms in total. The van der Waals surface area contributed by atoms with E-state index in [-0.39, 0.29) is 0 Å². The minimum absolute atomic E-state index is 0.471. The molecular formula is C18H20N4O. The first-order valence-electron chi connectivity index (χ1n) is 7.93. The molecule has 1 aliphatic heterocycles. The van der Waals surface area contributed by atoms with Crippen LogP contribution in [0.3, 0.4) is 0 Å². The molecule has 0 bridgehead atoms. The smallest absolute Gasteiger partial charge is 0.216 e. The Morgan fingerprint density at radius 1 is 1.26 bits per heavy atom. The van der Waals surface area contributed by atoms with Gasteiger partial charge in [0.25, 0.3) is 0 Å². The van der Waals surface area contributed by atoms with E-state index < -0.39 is 0 Å². The molecule has 5 heteroatoms. The van der Waals surface area contributed by atoms with Crippen molar-refractivity contribution in [2.45, 2.75) is 19.8 Å². The molecule has 1 fully saturated rings. The van der Waals surface area contributed by atoms with Crippen LogP contribution in [0.2, 0.25) is 0 Å². The Morgan fingerprint density at radius 2 is 2.09 bits per heavy atom. The molecule has 0 spiro atoms. The van der Waals surface area contributed by atoms with Crippen LogP contribution in [0.25, 0.3) is 0 Å². The molecule has 0 amide bonds. The van der Waals surface area contributed by atoms with Crippen molar-refractivity contribution in [3.05, 3.63) is 47.8 Å². The Hall–Kier alpha value is -2.61. The van der Waals surface area contributed by atoms with Gasteiger partial charge in [0.2, 0.25) is 5.88 Å². The zero-order chi connectivity index (χ0) is 16.1. The average Bonchev–Trinajstić information content (AvgIpc) is 2.61. The summed E-state index contributed by atoms with van der Waals surface area (Å²) < 4.78 is 5.87. The van der Waals surface area contributed by atoms with Crippen molar-refractivity contribution < 1.29 is 4.74 Å². The number of rotatable bonds is 4. The largest absolute Gasteiger partial charge is 0.477 e. The number of hydrogen-bond donors (Lipinski definition) is 0. The summed E-state index contributed by atoms with van der Waals surface area (Å²) in [5.74, 6) is 2.16. The Labute approximate surface area is 136 Å². The third kappa shape index (κ3) is 3.78. The van der Waals surface area contributed by atoms with E-state index in [9.17, 15) is 0 Å². The zero-order valence-electron chi connectivity index (χ0n) is 13.3. The summed E-state index contributed by atoms with van der Waals surface area (Å²) in [4.78, 5) is 10.9. The van der Waals surface area contributed by atoms with Crippen molar-refractivity contribution in [2.24, 2.45) is 5.92 Å². The van der Waals surface area contributed by atoms with Gasteiger partial charge in [0, 0.05) is 24.8 Å². The highest BCUT2D eigenvalue weighted by atomic mass is 16.5. The number of aromatic nitrogens is 2. The van der Waals surface area contributed by atoms with Crippen LogP contribution in [-0.2, 0) is 0 Å². The second-order valence-electron chi connectivity index (χ2n) is 5.86. The van der Waals surface area contributed by atoms with E-state index in [4.69, 9.17) is 10.00 Å². The number of piperidine rings is 1. The van der Waals surface area contributed by atoms with Crippen molar-refractivity contribution in [3.63, 3.8) is 0 Å². The van der Waals surface area contributed by atoms with E-state index in [0.29, 0.717) is 18.2 Å². The lowest BCUT2D eigenvalue weighted by atomic mass is 9.98. The number of nitriles is 1. The maximum Gasteiger partial charge on any atom is 0.216 e. The molecule has 2 aromatic heterocycles. The highest BCUT2D eigenvalue weighted by Crippen LogP contribution is 2.23. The van der Waals surface area contributed by atoms with Gasteiger partial charge in [0.15, 0.2) is 0 Å². The fourth-order valence-corrected chi connectivity index (χ4v) is 2.81. The Bertz CT molecular complexity index is 702. The molecule has 0 aliphatic carbocycles. The third-order valence-electron chi connectivity index (χ3n) is 4.20. The molecule has 23 heavy (non-hydrogen) atoms. The fourth-order valence-electron chi connectivity index (χ4n) is 2.81. The van der Waals surface area contributed by atoms with E-state index in [0.717, 1.165) is 43.2 Å². The van der Waals surface area contributed by atoms with Crippen molar-refractivity contribution in [3.8, 4) is 11.9 Å². The van der Waals surface area contributed by atoms with Gasteiger partial charge in [-0.05, 0) is 43.9 Å². The van der Waals surface area contributed by atoms with Crippen LogP contribution in [-0.4, -0.2) is 29.7 Å². The molecule has 0 unspecified atom stereocenters. The van der Waals surface area contributed by atoms with Gasteiger partial charge in [-0.15, -0.1) is 0 Å². The van der Waals surface area contributed by atoms with Gasteiger partial charge in [-0.1, -0.05) is 12.1 Å². The number of aryl methyl sites for hydroxylation is 1. The van der Waals surface area contributed by atoms with Crippen molar-refractivity contribution in [1.29, 1.82) is 5.26 Å². The Kier molecular flexibility index (Phi) is 4.72. The zero-order valence-corrected chi connectivity index (χ0v) is 13.3. The summed E-state index contributed by atoms with van der Waals surface area (Å²) in [7, 11) is 0. The molecule has 0 aromatic carbocycles. The van der Waals surface area contributed by atoms with Crippen LogP contribution in [0, 0.1) is 24.2 Å². The van der Waals surface area contributed by atoms with E-state index in [1.165, 1.54) is 0 Å². The molecular weight excluding hydrogens is 288 g/mol. The van der Waals surface area contributed by atoms with Gasteiger partial charge in [0.1, 0.15) is 17.6 Å². The molecule has 0 N–H and O–H groups in total. The second-order valence-corrected chi connectivity index (χ2v) is 5.86. The lowest BCUT2D eigenvalue weighted by molar-refractivity contribution is 0.214. The SMILES string of the molecule is Cc1cccnc1OCC1CCN(c2cccc(C#N)n2)CC1. The van der Waals surface area contributed by atoms with E-state index in [1.807, 2.05) is 31.2 Å². The van der Waals surface area contributed by atoms with Crippen LogP contribution < -0.4 is 9.64 Å². The molecule has 0 atom stereocenters. The van der Waals surface area contributed by atoms with E-state index in [1.54, 1.807) is 12.3 Å². The topological polar surface area (TPSA) is 62.0 Å². The first kappa shape index (κ1) is 15.3. The number of pyridine rings is 2. The Balaban J connectivity index is 1.52. The number of anilines is 1. The van der Waals surface area contributed by atoms with Gasteiger partial charge in [0.05, 0.1) is 6.61 Å². The minimum atomic E-state index is 0.471. The highest BCUT2D eigenvalue weighted by Gasteiger charge is 2.21. The van der Waals surface area contributed by atoms with Crippen molar-refractivity contribution in [1.82, 2.24) is 9.97 Å². The van der Waals surface area contributed by atoms with Gasteiger partial charge in [-0.2, -0.15) is 5.26 Å². The van der Waals surface area contributed by atoms with Crippen molar-refractivity contribution >= 4 is 5.82 Å². The van der Waals surface area contributed by atoms with Gasteiger partial charge >= 0.3 is 0 Å². The summed E-state index contributed by atoms with van der Waals surface area (Å²) in [6.45, 7) is 4.60. The first-order chi connectivity index (χ1) is 11.3. The molecule has 118 valence electrons. The summed E-state index contributed by atoms with van der Waals surface area (Å²) >= 11 is 0. The quantitative estimate of drug-likeness (QED) is 0.869. The molecule has 0 saturated carbocycles. The van der Waals surface area contributed by atoms with Crippen LogP contribution in [0.4, 0.5) is 5.82 Å². The van der Waals surface area contributed by atoms with Gasteiger partial charge < -0.3 is 9.64 Å². The lowest BCUT2D eigenvalue weighted by Gasteiger charge is -2.32. The normalized spacial score (nSPS) is 15.2. The first-order valence-corrected chi connectivity index (χ1v) is 7.93. The number of ether oxygens (including phenoxy) is 1. The highest BCUT2D eigenvalue weighted by molar-refractivity contribution is 5.41. The Morgan fingerprint density at radius 3 is 2.83 bits per heavy atom. The average molecular weight is 308 g/mol. The standard InChI is InChI=1S/C18H20N4O/c1-14-4-3-9-20-18(14)23-13-15-7-10-22(11-8-15)17-6-2-5-16(12-19)21-17/h2-6,9,15H,7-8,10-11,13H2,1H3. The fraction of sp³-hybridized carbons (Fsp3) is 0.389. The van der Waals surface area contributed by atoms with Crippen LogP contribution in [0.15, 0.2) is 36.5 Å². The van der Waals surface area contributed by atoms with E-state index >= 15 is 0 Å². The maximum absolute atomic E-state index is 8.95. The van der Waals surface area contributed by atoms with Gasteiger partial charge in [-0.3, -0.25) is 0 Å². The molecule has 2 aromatic rings. The molecule has 3 heterocycles. The summed E-state index contributed by atoms with van der Waals surface area (Å²) in [5, 5.41) is 8.95. The maximum atomic E-state index is 8.95. The molecule has 1 aliphatic rings. The molecule has 0 radical (unpaired) electrons. The lowest BCUT2D eigenvalue weighted by Crippen LogP contribution is -2.36. The number of nitrogens with zero attached hydrogens (tertiary/aromatic N) is 4. The molecule has 1 saturated heterocycles. The summed E-state index contributed by atoms with van der Waals surface area (Å²) in [5.41, 5.74) is 1.54. The summed E-state index contributed by atoms with van der Waals surface area (Å²) in [6.07, 6.45) is 3.88. The minimum Gasteiger partial charge on any atom is -0.477 e. The van der Waals surface area contributed by atoms with E-state index in [2.05, 4.69) is 20.9 Å². The van der Waals surface area contributed by atoms with Crippen LogP contribution in [0.1, 0.15) is 24.1 Å². The van der Waals surface area contributed by atoms with Crippen molar-refractivity contribution in [2.75, 3.05) is 24.6 Å². The number of hydrogen-bond acceptors (Lipinski definition) is 5. The third-order valence-corrected chi connectivity index (χ3v) is 4.20. The predicted molar refractivity (Wildman–Crippen MR) is 88.4 cm³/mol. The van der Waals surface area contributed by atoms with Gasteiger partial charge in [-0.25, -0.2) is 9.97 Å². The predicted octanol–water partition coefficient (Wildman–Crippen LogP) is 2.95. The second kappa shape index (κ2) is 7.10. The molecule has 3 rings (SSSR count).